The number of rotatable bonds is 14. The van der Waals surface area contributed by atoms with Crippen molar-refractivity contribution in [1.82, 2.24) is 14.5 Å². The molecule has 15 nitrogen and oxygen atoms in total. The number of benzene rings is 2. The molecule has 0 aliphatic heterocycles. The second-order valence-corrected chi connectivity index (χ2v) is 11.6. The number of nitrogens with zero attached hydrogens (tertiary/aromatic N) is 3. The Labute approximate surface area is 277 Å². The molecule has 0 aliphatic rings. The van der Waals surface area contributed by atoms with Gasteiger partial charge < -0.3 is 46.6 Å². The number of pyridine rings is 1. The van der Waals surface area contributed by atoms with Crippen molar-refractivity contribution in [2.75, 3.05) is 49.0 Å². The van der Waals surface area contributed by atoms with E-state index in [4.69, 9.17) is 31.4 Å². The van der Waals surface area contributed by atoms with Gasteiger partial charge in [0.25, 0.3) is 0 Å². The van der Waals surface area contributed by atoms with Gasteiger partial charge >= 0.3 is 6.09 Å². The molecule has 3 amide bonds. The number of primary amides is 2. The van der Waals surface area contributed by atoms with E-state index >= 15 is 0 Å². The Morgan fingerprint density at radius 2 is 1.71 bits per heavy atom. The van der Waals surface area contributed by atoms with E-state index in [1.165, 1.54) is 25.4 Å². The van der Waals surface area contributed by atoms with Gasteiger partial charge in [-0.3, -0.25) is 19.9 Å². The minimum Gasteiger partial charge on any atom is -0.494 e. The van der Waals surface area contributed by atoms with E-state index in [0.717, 1.165) is 5.69 Å². The van der Waals surface area contributed by atoms with Crippen molar-refractivity contribution in [3.8, 4) is 11.5 Å². The van der Waals surface area contributed by atoms with Crippen LogP contribution in [0.15, 0.2) is 54.7 Å². The molecule has 2 heterocycles. The van der Waals surface area contributed by atoms with Crippen molar-refractivity contribution in [2.24, 2.45) is 11.5 Å². The molecule has 0 bridgehead atoms. The third-order valence-electron chi connectivity index (χ3n) is 6.89. The zero-order chi connectivity index (χ0) is 35.0. The molecule has 0 saturated carbocycles. The average Bonchev–Trinajstić information content (AvgIpc) is 3.38. The van der Waals surface area contributed by atoms with Gasteiger partial charge in [-0.15, -0.1) is 0 Å². The first-order chi connectivity index (χ1) is 22.8. The SMILES string of the molecule is CNc1nc2cc(C(N)=O)cc(OC)c2n1C/C=C/CNc1c(N)cc(C(N)=O)cc1OCCc1ccc(NC(=O)OC(C)(C)C)cn1. The van der Waals surface area contributed by atoms with Gasteiger partial charge in [-0.1, -0.05) is 12.2 Å². The summed E-state index contributed by atoms with van der Waals surface area (Å²) >= 11 is 0. The van der Waals surface area contributed by atoms with Crippen LogP contribution in [0.3, 0.4) is 0 Å². The van der Waals surface area contributed by atoms with Gasteiger partial charge in [0.1, 0.15) is 28.3 Å². The predicted molar refractivity (Wildman–Crippen MR) is 185 cm³/mol. The first kappa shape index (κ1) is 34.9. The molecule has 0 unspecified atom stereocenters. The summed E-state index contributed by atoms with van der Waals surface area (Å²) in [5.74, 6) is 0.184. The molecule has 15 heteroatoms. The summed E-state index contributed by atoms with van der Waals surface area (Å²) in [7, 11) is 3.27. The number of anilines is 4. The second kappa shape index (κ2) is 15.1. The molecule has 2 aromatic carbocycles. The molecule has 4 rings (SSSR count). The summed E-state index contributed by atoms with van der Waals surface area (Å²) in [5.41, 5.74) is 20.5. The maximum Gasteiger partial charge on any atom is 0.412 e. The van der Waals surface area contributed by atoms with Crippen molar-refractivity contribution in [3.63, 3.8) is 0 Å². The number of aromatic nitrogens is 3. The monoisotopic (exact) mass is 659 g/mol. The molecule has 0 aliphatic carbocycles. The van der Waals surface area contributed by atoms with E-state index in [2.05, 4.69) is 25.9 Å². The minimum atomic E-state index is -0.640. The Morgan fingerprint density at radius 1 is 1.00 bits per heavy atom. The van der Waals surface area contributed by atoms with Crippen LogP contribution < -0.4 is 42.6 Å². The van der Waals surface area contributed by atoms with E-state index in [1.54, 1.807) is 52.1 Å². The van der Waals surface area contributed by atoms with Gasteiger partial charge in [0.05, 0.1) is 36.8 Å². The molecule has 9 N–H and O–H groups in total. The molecular weight excluding hydrogens is 618 g/mol. The summed E-state index contributed by atoms with van der Waals surface area (Å²) in [6.45, 7) is 6.37. The van der Waals surface area contributed by atoms with Crippen LogP contribution in [0.25, 0.3) is 11.0 Å². The Morgan fingerprint density at radius 3 is 2.33 bits per heavy atom. The number of methoxy groups -OCH3 is 1. The largest absolute Gasteiger partial charge is 0.494 e. The number of allylic oxidation sites excluding steroid dienone is 1. The fourth-order valence-electron chi connectivity index (χ4n) is 4.74. The highest BCUT2D eigenvalue weighted by Crippen LogP contribution is 2.33. The summed E-state index contributed by atoms with van der Waals surface area (Å²) in [5, 5.41) is 8.96. The van der Waals surface area contributed by atoms with Crippen LogP contribution in [-0.2, 0) is 17.7 Å². The van der Waals surface area contributed by atoms with E-state index in [9.17, 15) is 14.4 Å². The zero-order valence-corrected chi connectivity index (χ0v) is 27.5. The molecule has 0 radical (unpaired) electrons. The number of ether oxygens (including phenoxy) is 3. The molecule has 0 spiro atoms. The number of carbonyl (C=O) groups excluding carboxylic acids is 3. The second-order valence-electron chi connectivity index (χ2n) is 11.6. The van der Waals surface area contributed by atoms with Gasteiger partial charge in [0, 0.05) is 43.4 Å². The number of nitrogen functional groups attached to an aromatic ring is 1. The third-order valence-corrected chi connectivity index (χ3v) is 6.89. The molecule has 0 atom stereocenters. The van der Waals surface area contributed by atoms with Crippen molar-refractivity contribution >= 4 is 52.0 Å². The highest BCUT2D eigenvalue weighted by molar-refractivity contribution is 5.99. The fourth-order valence-corrected chi connectivity index (χ4v) is 4.74. The smallest absolute Gasteiger partial charge is 0.412 e. The van der Waals surface area contributed by atoms with Gasteiger partial charge in [-0.05, 0) is 57.2 Å². The number of carbonyl (C=O) groups is 3. The van der Waals surface area contributed by atoms with Crippen molar-refractivity contribution in [2.45, 2.75) is 39.3 Å². The summed E-state index contributed by atoms with van der Waals surface area (Å²) < 4.78 is 18.7. The van der Waals surface area contributed by atoms with Gasteiger partial charge in [-0.2, -0.15) is 0 Å². The lowest BCUT2D eigenvalue weighted by atomic mass is 10.1. The Balaban J connectivity index is 1.42. The standard InChI is InChI=1S/C33H41N9O6/c1-33(2,3)48-32(45)40-22-9-8-21(39-18-22)10-13-47-25-16-19(29(35)43)14-23(34)27(25)38-11-6-7-12-42-28-24(41-31(42)37-4)15-20(30(36)44)17-26(28)46-5/h6-9,14-18,38H,10-13,34H2,1-5H3,(H2,35,43)(H2,36,44)(H,37,41)(H,40,45)/b7-6+. The zero-order valence-electron chi connectivity index (χ0n) is 27.5. The number of amides is 3. The highest BCUT2D eigenvalue weighted by Gasteiger charge is 2.18. The van der Waals surface area contributed by atoms with Crippen LogP contribution in [-0.4, -0.2) is 65.4 Å². The lowest BCUT2D eigenvalue weighted by Crippen LogP contribution is -2.27. The average molecular weight is 660 g/mol. The third kappa shape index (κ3) is 8.84. The lowest BCUT2D eigenvalue weighted by Gasteiger charge is -2.19. The molecule has 0 fully saturated rings. The van der Waals surface area contributed by atoms with Crippen LogP contribution in [0.5, 0.6) is 11.5 Å². The first-order valence-corrected chi connectivity index (χ1v) is 15.0. The van der Waals surface area contributed by atoms with Gasteiger partial charge in [-0.25, -0.2) is 9.78 Å². The number of nitrogens with two attached hydrogens (primary N) is 3. The lowest BCUT2D eigenvalue weighted by molar-refractivity contribution is 0.0635. The number of hydrogen-bond donors (Lipinski definition) is 6. The maximum atomic E-state index is 12.0. The van der Waals surface area contributed by atoms with Crippen LogP contribution in [0.4, 0.5) is 27.8 Å². The molecule has 254 valence electrons. The molecule has 2 aromatic heterocycles. The molecule has 0 saturated heterocycles. The van der Waals surface area contributed by atoms with Gasteiger partial charge in [0.15, 0.2) is 0 Å². The maximum absolute atomic E-state index is 12.0. The Bertz CT molecular complexity index is 1830. The van der Waals surface area contributed by atoms with Crippen molar-refractivity contribution in [1.29, 1.82) is 0 Å². The quantitative estimate of drug-likeness (QED) is 0.0841. The van der Waals surface area contributed by atoms with Gasteiger partial charge in [0.2, 0.25) is 17.8 Å². The van der Waals surface area contributed by atoms with E-state index in [0.29, 0.717) is 70.6 Å². The van der Waals surface area contributed by atoms with E-state index < -0.39 is 23.5 Å². The molecule has 48 heavy (non-hydrogen) atoms. The number of fused-ring (bicyclic) bond motifs is 1. The molecular formula is C33H41N9O6. The van der Waals surface area contributed by atoms with Crippen LogP contribution in [0.2, 0.25) is 0 Å². The highest BCUT2D eigenvalue weighted by atomic mass is 16.6. The predicted octanol–water partition coefficient (Wildman–Crippen LogP) is 3.90. The summed E-state index contributed by atoms with van der Waals surface area (Å²) in [6.07, 6.45) is 5.23. The van der Waals surface area contributed by atoms with Crippen molar-refractivity contribution in [3.05, 3.63) is 71.6 Å². The van der Waals surface area contributed by atoms with E-state index in [-0.39, 0.29) is 12.2 Å². The number of imidazole rings is 1. The number of hydrogen-bond acceptors (Lipinski definition) is 11. The van der Waals surface area contributed by atoms with Crippen LogP contribution in [0.1, 0.15) is 47.2 Å². The van der Waals surface area contributed by atoms with Crippen molar-refractivity contribution < 1.29 is 28.6 Å². The normalized spacial score (nSPS) is 11.4. The van der Waals surface area contributed by atoms with Crippen LogP contribution >= 0.6 is 0 Å². The van der Waals surface area contributed by atoms with Crippen LogP contribution in [0, 0.1) is 0 Å². The fraction of sp³-hybridized carbons (Fsp3) is 0.303. The first-order valence-electron chi connectivity index (χ1n) is 15.0. The Hall–Kier alpha value is -5.99. The number of nitrogens with one attached hydrogen (secondary N) is 3. The summed E-state index contributed by atoms with van der Waals surface area (Å²) in [6, 6.07) is 9.72. The molecule has 4 aromatic rings. The Kier molecular flexibility index (Phi) is 10.9. The topological polar surface area (TPSA) is 224 Å². The van der Waals surface area contributed by atoms with E-state index in [1.807, 2.05) is 16.7 Å². The minimum absolute atomic E-state index is 0.208. The summed E-state index contributed by atoms with van der Waals surface area (Å²) in [4.78, 5) is 44.7.